The maximum atomic E-state index is 14.7. The number of fused-ring (bicyclic) bond motifs is 5. The van der Waals surface area contributed by atoms with E-state index in [1.165, 1.54) is 19.4 Å². The number of amides is 1. The minimum absolute atomic E-state index is 0.0783. The molecule has 0 spiro atoms. The number of carbonyl (C=O) groups is 2. The van der Waals surface area contributed by atoms with E-state index in [4.69, 9.17) is 16.3 Å². The molecule has 1 aliphatic carbocycles. The number of hydrogen-bond acceptors (Lipinski definition) is 4. The average Bonchev–Trinajstić information content (AvgIpc) is 3.70. The molecule has 1 N–H and O–H groups in total. The summed E-state index contributed by atoms with van der Waals surface area (Å²) >= 11 is 5.88. The average molecular weight is 589 g/mol. The monoisotopic (exact) mass is 588 g/mol. The van der Waals surface area contributed by atoms with Crippen LogP contribution in [0.4, 0.5) is 14.5 Å². The minimum atomic E-state index is -0.921. The number of anilines is 1. The van der Waals surface area contributed by atoms with Crippen molar-refractivity contribution in [3.05, 3.63) is 112 Å². The van der Waals surface area contributed by atoms with Crippen LogP contribution in [0.2, 0.25) is 5.02 Å². The first-order chi connectivity index (χ1) is 20.2. The van der Waals surface area contributed by atoms with Crippen molar-refractivity contribution in [2.75, 3.05) is 12.4 Å². The van der Waals surface area contributed by atoms with Gasteiger partial charge in [0.15, 0.2) is 17.7 Å². The minimum Gasteiger partial charge on any atom is -0.618 e. The van der Waals surface area contributed by atoms with Crippen LogP contribution < -0.4 is 10.0 Å². The second-order valence-corrected chi connectivity index (χ2v) is 11.3. The van der Waals surface area contributed by atoms with Gasteiger partial charge in [0.25, 0.3) is 0 Å². The van der Waals surface area contributed by atoms with Gasteiger partial charge < -0.3 is 15.3 Å². The zero-order valence-electron chi connectivity index (χ0n) is 22.7. The van der Waals surface area contributed by atoms with E-state index in [0.717, 1.165) is 35.2 Å². The lowest BCUT2D eigenvalue weighted by Gasteiger charge is -2.20. The van der Waals surface area contributed by atoms with Gasteiger partial charge in [-0.3, -0.25) is 9.59 Å². The summed E-state index contributed by atoms with van der Waals surface area (Å²) in [6.45, 7) is 0. The van der Waals surface area contributed by atoms with Gasteiger partial charge >= 0.3 is 5.97 Å². The third-order valence-corrected chi connectivity index (χ3v) is 8.52. The molecule has 0 radical (unpaired) electrons. The summed E-state index contributed by atoms with van der Waals surface area (Å²) in [6, 6.07) is 18.6. The highest BCUT2D eigenvalue weighted by Gasteiger charge is 2.42. The van der Waals surface area contributed by atoms with Crippen LogP contribution in [0.15, 0.2) is 72.9 Å². The van der Waals surface area contributed by atoms with E-state index in [9.17, 15) is 23.6 Å². The highest BCUT2D eigenvalue weighted by Crippen LogP contribution is 2.49. The summed E-state index contributed by atoms with van der Waals surface area (Å²) in [7, 11) is 1.33. The van der Waals surface area contributed by atoms with Crippen LogP contribution >= 0.6 is 11.6 Å². The van der Waals surface area contributed by atoms with Crippen molar-refractivity contribution >= 4 is 29.2 Å². The summed E-state index contributed by atoms with van der Waals surface area (Å²) < 4.78 is 34.7. The molecule has 3 unspecified atom stereocenters. The molecule has 1 aliphatic heterocycles. The molecule has 6 nitrogen and oxygen atoms in total. The molecule has 1 amide bonds. The Morgan fingerprint density at radius 2 is 1.88 bits per heavy atom. The fraction of sp³-hybridized carbons (Fsp3) is 0.242. The zero-order valence-corrected chi connectivity index (χ0v) is 23.5. The number of nitrogens with one attached hydrogen (secondary N) is 1. The van der Waals surface area contributed by atoms with Crippen LogP contribution in [-0.4, -0.2) is 19.0 Å². The van der Waals surface area contributed by atoms with Crippen LogP contribution in [0, 0.1) is 28.7 Å². The zero-order chi connectivity index (χ0) is 29.5. The van der Waals surface area contributed by atoms with Crippen LogP contribution in [-0.2, 0) is 20.7 Å². The lowest BCUT2D eigenvalue weighted by Crippen LogP contribution is -2.34. The molecule has 1 saturated carbocycles. The van der Waals surface area contributed by atoms with Crippen LogP contribution in [0.25, 0.3) is 22.3 Å². The normalized spacial score (nSPS) is 19.4. The van der Waals surface area contributed by atoms with E-state index in [2.05, 4.69) is 5.32 Å². The molecule has 1 aromatic heterocycles. The third-order valence-electron chi connectivity index (χ3n) is 8.22. The quantitative estimate of drug-likeness (QED) is 0.123. The smallest absolute Gasteiger partial charge is 0.309 e. The molecule has 3 atom stereocenters. The van der Waals surface area contributed by atoms with E-state index in [0.29, 0.717) is 34.5 Å². The van der Waals surface area contributed by atoms with Crippen molar-refractivity contribution < 1.29 is 27.8 Å². The molecule has 2 bridgehead atoms. The second kappa shape index (κ2) is 11.2. The van der Waals surface area contributed by atoms with E-state index < -0.39 is 11.6 Å². The Morgan fingerprint density at radius 1 is 1.05 bits per heavy atom. The number of rotatable bonds is 4. The molecule has 6 rings (SSSR count). The number of esters is 1. The van der Waals surface area contributed by atoms with E-state index in [1.807, 2.05) is 36.4 Å². The first kappa shape index (κ1) is 27.8. The Bertz CT molecular complexity index is 1730. The van der Waals surface area contributed by atoms with Crippen LogP contribution in [0.5, 0.6) is 0 Å². The van der Waals surface area contributed by atoms with Gasteiger partial charge in [0.05, 0.1) is 35.6 Å². The Hall–Kier alpha value is -4.30. The topological polar surface area (TPSA) is 82.3 Å². The maximum Gasteiger partial charge on any atom is 0.309 e. The summed E-state index contributed by atoms with van der Waals surface area (Å²) in [4.78, 5) is 24.9. The van der Waals surface area contributed by atoms with Crippen molar-refractivity contribution in [3.63, 3.8) is 0 Å². The number of pyridine rings is 1. The van der Waals surface area contributed by atoms with Gasteiger partial charge in [-0.15, -0.1) is 0 Å². The first-order valence-corrected chi connectivity index (χ1v) is 14.1. The number of aromatic nitrogens is 1. The fourth-order valence-corrected chi connectivity index (χ4v) is 6.10. The molecule has 0 saturated heterocycles. The van der Waals surface area contributed by atoms with Gasteiger partial charge in [-0.2, -0.15) is 4.73 Å². The van der Waals surface area contributed by atoms with Crippen molar-refractivity contribution in [1.29, 1.82) is 0 Å². The number of benzene rings is 3. The van der Waals surface area contributed by atoms with E-state index in [1.54, 1.807) is 12.1 Å². The Balaban J connectivity index is 1.43. The first-order valence-electron chi connectivity index (χ1n) is 13.7. The van der Waals surface area contributed by atoms with Crippen LogP contribution in [0.1, 0.15) is 42.0 Å². The van der Waals surface area contributed by atoms with Crippen LogP contribution in [0.3, 0.4) is 0 Å². The van der Waals surface area contributed by atoms with Crippen molar-refractivity contribution in [1.82, 2.24) is 0 Å². The molecule has 42 heavy (non-hydrogen) atoms. The van der Waals surface area contributed by atoms with E-state index in [-0.39, 0.29) is 52.2 Å². The number of carbonyl (C=O) groups excluding carboxylic acids is 2. The largest absolute Gasteiger partial charge is 0.618 e. The molecule has 1 fully saturated rings. The van der Waals surface area contributed by atoms with Gasteiger partial charge in [-0.05, 0) is 65.6 Å². The predicted octanol–water partition coefficient (Wildman–Crippen LogP) is 6.80. The standard InChI is InChI=1S/C33H27ClF2N2O4/c1-42-31(40)12-18-5-7-24-19-3-2-4-20(13-19)25(15-22-14-23(22)16-30(39)37-28(24)11-18)29-10-6-21(17-38(29)41)32-27(35)9-8-26(34)33(32)36/h2-11,13,17,22-23,25H,12,14-16H2,1H3,(H,37,39). The van der Waals surface area contributed by atoms with Crippen molar-refractivity contribution in [2.45, 2.75) is 31.6 Å². The number of methoxy groups -OCH3 is 1. The van der Waals surface area contributed by atoms with Gasteiger partial charge in [0, 0.05) is 23.7 Å². The summed E-state index contributed by atoms with van der Waals surface area (Å²) in [6.07, 6.45) is 3.11. The van der Waals surface area contributed by atoms with Crippen molar-refractivity contribution in [2.24, 2.45) is 11.8 Å². The fourth-order valence-electron chi connectivity index (χ4n) is 5.94. The number of hydrogen-bond donors (Lipinski definition) is 1. The van der Waals surface area contributed by atoms with Gasteiger partial charge in [-0.1, -0.05) is 48.0 Å². The second-order valence-electron chi connectivity index (χ2n) is 10.9. The maximum absolute atomic E-state index is 14.7. The molecular formula is C33H27ClF2N2O4. The third kappa shape index (κ3) is 5.46. The molecular weight excluding hydrogens is 562 g/mol. The Morgan fingerprint density at radius 3 is 2.67 bits per heavy atom. The Labute approximate surface area is 246 Å². The van der Waals surface area contributed by atoms with Gasteiger partial charge in [0.1, 0.15) is 5.82 Å². The highest BCUT2D eigenvalue weighted by molar-refractivity contribution is 6.31. The SMILES string of the molecule is COC(=O)Cc1ccc2c(c1)NC(=O)CC1CC1CC(c1ccc(-c3c(F)ccc(Cl)c3F)c[n+]1[O-])c1cccc-2c1. The van der Waals surface area contributed by atoms with Gasteiger partial charge in [-0.25, -0.2) is 8.78 Å². The number of nitrogens with zero attached hydrogens (tertiary/aromatic N) is 1. The molecule has 2 heterocycles. The van der Waals surface area contributed by atoms with Gasteiger partial charge in [0.2, 0.25) is 5.91 Å². The summed E-state index contributed by atoms with van der Waals surface area (Å²) in [5, 5.41) is 16.3. The predicted molar refractivity (Wildman–Crippen MR) is 155 cm³/mol. The summed E-state index contributed by atoms with van der Waals surface area (Å²) in [5.41, 5.74) is 4.02. The Kier molecular flexibility index (Phi) is 7.41. The lowest BCUT2D eigenvalue weighted by molar-refractivity contribution is -0.614. The molecule has 4 aromatic rings. The summed E-state index contributed by atoms with van der Waals surface area (Å²) in [5.74, 6) is -2.13. The molecule has 214 valence electrons. The van der Waals surface area contributed by atoms with E-state index >= 15 is 0 Å². The lowest BCUT2D eigenvalue weighted by atomic mass is 9.86. The molecule has 9 heteroatoms. The number of halogens is 3. The molecule has 3 aromatic carbocycles. The highest BCUT2D eigenvalue weighted by atomic mass is 35.5. The molecule has 2 aliphatic rings. The number of ether oxygens (including phenoxy) is 1. The van der Waals surface area contributed by atoms with Crippen molar-refractivity contribution in [3.8, 4) is 22.3 Å².